The number of hydrogen-bond acceptors (Lipinski definition) is 5. The minimum atomic E-state index is -0.378. The van der Waals surface area contributed by atoms with E-state index in [4.69, 9.17) is 10.00 Å². The van der Waals surface area contributed by atoms with Crippen LogP contribution >= 0.6 is 11.3 Å². The number of carbonyl (C=O) groups excluding carboxylic acids is 1. The van der Waals surface area contributed by atoms with E-state index in [1.54, 1.807) is 12.4 Å². The molecule has 1 atom stereocenters. The quantitative estimate of drug-likeness (QED) is 0.736. The lowest BCUT2D eigenvalue weighted by Gasteiger charge is -2.11. The Bertz CT molecular complexity index is 381. The second-order valence-electron chi connectivity index (χ2n) is 3.06. The van der Waals surface area contributed by atoms with Gasteiger partial charge in [-0.15, -0.1) is 11.3 Å². The predicted octanol–water partition coefficient (Wildman–Crippen LogP) is 2.30. The van der Waals surface area contributed by atoms with E-state index in [9.17, 15) is 4.79 Å². The van der Waals surface area contributed by atoms with Gasteiger partial charge in [-0.1, -0.05) is 6.92 Å². The summed E-state index contributed by atoms with van der Waals surface area (Å²) in [6.45, 7) is 3.65. The molecule has 0 aromatic carbocycles. The number of esters is 1. The van der Waals surface area contributed by atoms with Crippen molar-refractivity contribution in [2.24, 2.45) is 0 Å². The van der Waals surface area contributed by atoms with Gasteiger partial charge in [0, 0.05) is 0 Å². The van der Waals surface area contributed by atoms with Crippen molar-refractivity contribution in [3.8, 4) is 6.07 Å². The molecule has 0 N–H and O–H groups in total. The van der Waals surface area contributed by atoms with Crippen molar-refractivity contribution < 1.29 is 9.53 Å². The maximum Gasteiger partial charge on any atom is 0.350 e. The summed E-state index contributed by atoms with van der Waals surface area (Å²) < 4.78 is 5.17. The maximum absolute atomic E-state index is 11.6. The zero-order valence-electron chi connectivity index (χ0n) is 8.69. The maximum atomic E-state index is 11.6. The van der Waals surface area contributed by atoms with Crippen molar-refractivity contribution >= 4 is 17.3 Å². The molecule has 0 aliphatic rings. The standard InChI is InChI=1S/C10H12N2O2S/c1-3-8(4-5-11)14-10(13)9-7(2)12-6-15-9/h6,8H,3-4H2,1-2H3/t8-/m1/s1. The molecule has 0 fully saturated rings. The minimum Gasteiger partial charge on any atom is -0.457 e. The highest BCUT2D eigenvalue weighted by atomic mass is 32.1. The number of nitriles is 1. The molecule has 1 aromatic rings. The monoisotopic (exact) mass is 224 g/mol. The van der Waals surface area contributed by atoms with Crippen molar-refractivity contribution in [1.82, 2.24) is 4.98 Å². The molecule has 0 saturated heterocycles. The van der Waals surface area contributed by atoms with Gasteiger partial charge in [-0.05, 0) is 13.3 Å². The smallest absolute Gasteiger partial charge is 0.350 e. The van der Waals surface area contributed by atoms with Crippen LogP contribution in [0.5, 0.6) is 0 Å². The van der Waals surface area contributed by atoms with Crippen LogP contribution in [-0.2, 0) is 4.74 Å². The number of ether oxygens (including phenoxy) is 1. The lowest BCUT2D eigenvalue weighted by Crippen LogP contribution is -2.16. The first-order valence-corrected chi connectivity index (χ1v) is 5.55. The van der Waals surface area contributed by atoms with Crippen molar-refractivity contribution in [1.29, 1.82) is 5.26 Å². The number of carbonyl (C=O) groups is 1. The Morgan fingerprint density at radius 3 is 3.00 bits per heavy atom. The van der Waals surface area contributed by atoms with Gasteiger partial charge in [0.1, 0.15) is 11.0 Å². The summed E-state index contributed by atoms with van der Waals surface area (Å²) in [7, 11) is 0. The van der Waals surface area contributed by atoms with Crippen LogP contribution in [0.15, 0.2) is 5.51 Å². The fourth-order valence-electron chi connectivity index (χ4n) is 1.07. The van der Waals surface area contributed by atoms with Crippen LogP contribution in [0.1, 0.15) is 35.1 Å². The minimum absolute atomic E-state index is 0.236. The molecule has 0 aliphatic heterocycles. The predicted molar refractivity (Wildman–Crippen MR) is 56.6 cm³/mol. The Morgan fingerprint density at radius 2 is 2.53 bits per heavy atom. The fraction of sp³-hybridized carbons (Fsp3) is 0.500. The van der Waals surface area contributed by atoms with E-state index < -0.39 is 0 Å². The lowest BCUT2D eigenvalue weighted by atomic mass is 10.2. The number of thiazole rings is 1. The molecular weight excluding hydrogens is 212 g/mol. The third-order valence-corrected chi connectivity index (χ3v) is 2.89. The van der Waals surface area contributed by atoms with Crippen LogP contribution in [0.3, 0.4) is 0 Å². The van der Waals surface area contributed by atoms with Gasteiger partial charge in [0.25, 0.3) is 0 Å². The third kappa shape index (κ3) is 3.03. The van der Waals surface area contributed by atoms with Gasteiger partial charge in [0.05, 0.1) is 23.7 Å². The molecule has 0 saturated carbocycles. The van der Waals surface area contributed by atoms with Crippen LogP contribution in [0.2, 0.25) is 0 Å². The fourth-order valence-corrected chi connectivity index (χ4v) is 1.76. The largest absolute Gasteiger partial charge is 0.457 e. The van der Waals surface area contributed by atoms with Gasteiger partial charge in [-0.3, -0.25) is 0 Å². The number of aromatic nitrogens is 1. The van der Waals surface area contributed by atoms with Crippen LogP contribution in [0.4, 0.5) is 0 Å². The Hall–Kier alpha value is -1.41. The highest BCUT2D eigenvalue weighted by Gasteiger charge is 2.17. The van der Waals surface area contributed by atoms with Crippen molar-refractivity contribution in [3.63, 3.8) is 0 Å². The van der Waals surface area contributed by atoms with E-state index in [0.29, 0.717) is 17.0 Å². The zero-order valence-corrected chi connectivity index (χ0v) is 9.50. The molecule has 0 unspecified atom stereocenters. The van der Waals surface area contributed by atoms with Crippen molar-refractivity contribution in [3.05, 3.63) is 16.1 Å². The second-order valence-corrected chi connectivity index (χ2v) is 3.92. The average molecular weight is 224 g/mol. The molecule has 0 radical (unpaired) electrons. The van der Waals surface area contributed by atoms with Gasteiger partial charge >= 0.3 is 5.97 Å². The Morgan fingerprint density at radius 1 is 1.80 bits per heavy atom. The molecule has 5 heteroatoms. The first-order chi connectivity index (χ1) is 7.19. The third-order valence-electron chi connectivity index (χ3n) is 1.98. The van der Waals surface area contributed by atoms with Crippen LogP contribution < -0.4 is 0 Å². The molecule has 0 amide bonds. The van der Waals surface area contributed by atoms with E-state index >= 15 is 0 Å². The second kappa shape index (κ2) is 5.47. The van der Waals surface area contributed by atoms with E-state index in [-0.39, 0.29) is 18.5 Å². The average Bonchev–Trinajstić information content (AvgIpc) is 2.63. The Kier molecular flexibility index (Phi) is 4.25. The summed E-state index contributed by atoms with van der Waals surface area (Å²) in [6.07, 6.45) is 0.570. The lowest BCUT2D eigenvalue weighted by molar-refractivity contribution is 0.0308. The van der Waals surface area contributed by atoms with Crippen molar-refractivity contribution in [2.45, 2.75) is 32.8 Å². The molecule has 1 rings (SSSR count). The molecular formula is C10H12N2O2S. The number of aryl methyl sites for hydroxylation is 1. The molecule has 0 spiro atoms. The van der Waals surface area contributed by atoms with Crippen LogP contribution in [0.25, 0.3) is 0 Å². The highest BCUT2D eigenvalue weighted by Crippen LogP contribution is 2.15. The summed E-state index contributed by atoms with van der Waals surface area (Å²) in [4.78, 5) is 16.1. The van der Waals surface area contributed by atoms with Gasteiger partial charge in [0.15, 0.2) is 0 Å². The molecule has 80 valence electrons. The van der Waals surface area contributed by atoms with Gasteiger partial charge < -0.3 is 4.74 Å². The van der Waals surface area contributed by atoms with Gasteiger partial charge in [-0.2, -0.15) is 5.26 Å². The molecule has 15 heavy (non-hydrogen) atoms. The number of rotatable bonds is 4. The summed E-state index contributed by atoms with van der Waals surface area (Å²) in [5, 5.41) is 8.51. The summed E-state index contributed by atoms with van der Waals surface area (Å²) in [5.74, 6) is -0.378. The highest BCUT2D eigenvalue weighted by molar-refractivity contribution is 7.11. The van der Waals surface area contributed by atoms with Gasteiger partial charge in [0.2, 0.25) is 0 Å². The first kappa shape index (κ1) is 11.7. The molecule has 1 heterocycles. The van der Waals surface area contributed by atoms with E-state index in [1.165, 1.54) is 11.3 Å². The number of hydrogen-bond donors (Lipinski definition) is 0. The van der Waals surface area contributed by atoms with Crippen LogP contribution in [0, 0.1) is 18.3 Å². The van der Waals surface area contributed by atoms with E-state index in [0.717, 1.165) is 0 Å². The van der Waals surface area contributed by atoms with E-state index in [1.807, 2.05) is 13.0 Å². The summed E-state index contributed by atoms with van der Waals surface area (Å²) >= 11 is 1.26. The molecule has 0 aliphatic carbocycles. The zero-order chi connectivity index (χ0) is 11.3. The molecule has 0 bridgehead atoms. The Balaban J connectivity index is 2.63. The summed E-state index contributed by atoms with van der Waals surface area (Å²) in [5.41, 5.74) is 2.29. The number of nitrogens with zero attached hydrogens (tertiary/aromatic N) is 2. The molecule has 4 nitrogen and oxygen atoms in total. The normalized spacial score (nSPS) is 11.8. The molecule has 1 aromatic heterocycles. The van der Waals surface area contributed by atoms with E-state index in [2.05, 4.69) is 4.98 Å². The van der Waals surface area contributed by atoms with Crippen LogP contribution in [-0.4, -0.2) is 17.1 Å². The SMILES string of the molecule is CC[C@H](CC#N)OC(=O)c1scnc1C. The summed E-state index contributed by atoms with van der Waals surface area (Å²) in [6, 6.07) is 1.99. The Labute approximate surface area is 92.5 Å². The van der Waals surface area contributed by atoms with Gasteiger partial charge in [-0.25, -0.2) is 9.78 Å². The van der Waals surface area contributed by atoms with Crippen molar-refractivity contribution in [2.75, 3.05) is 0 Å². The topological polar surface area (TPSA) is 63.0 Å². The first-order valence-electron chi connectivity index (χ1n) is 4.67.